The number of nitrogens with one attached hydrogen (secondary N) is 2. The number of carbonyl (C=O) groups is 2. The lowest BCUT2D eigenvalue weighted by Crippen LogP contribution is -2.37. The molecule has 1 aliphatic heterocycles. The summed E-state index contributed by atoms with van der Waals surface area (Å²) in [6.45, 7) is 1.93. The Morgan fingerprint density at radius 1 is 1.18 bits per heavy atom. The van der Waals surface area contributed by atoms with Gasteiger partial charge in [0.2, 0.25) is 11.8 Å². The monoisotopic (exact) mass is 398 g/mol. The Kier molecular flexibility index (Phi) is 6.95. The summed E-state index contributed by atoms with van der Waals surface area (Å²) >= 11 is 1.63. The lowest BCUT2D eigenvalue weighted by molar-refractivity contribution is -0.115. The first-order chi connectivity index (χ1) is 13.5. The molecule has 6 nitrogen and oxygen atoms in total. The zero-order valence-electron chi connectivity index (χ0n) is 16.3. The average molecular weight is 399 g/mol. The van der Waals surface area contributed by atoms with Crippen LogP contribution in [0.1, 0.15) is 5.56 Å². The van der Waals surface area contributed by atoms with Crippen molar-refractivity contribution in [2.75, 3.05) is 54.2 Å². The molecule has 2 aromatic rings. The van der Waals surface area contributed by atoms with Gasteiger partial charge >= 0.3 is 0 Å². The van der Waals surface area contributed by atoms with Crippen molar-refractivity contribution in [3.8, 4) is 0 Å². The molecular weight excluding hydrogens is 372 g/mol. The fourth-order valence-electron chi connectivity index (χ4n) is 2.97. The molecule has 0 radical (unpaired) electrons. The minimum atomic E-state index is -0.00523. The molecule has 7 heteroatoms. The van der Waals surface area contributed by atoms with Gasteiger partial charge in [0.1, 0.15) is 0 Å². The van der Waals surface area contributed by atoms with Crippen LogP contribution < -0.4 is 15.5 Å². The first kappa shape index (κ1) is 20.2. The molecule has 0 unspecified atom stereocenters. The lowest BCUT2D eigenvalue weighted by Gasteiger charge is -2.30. The summed E-state index contributed by atoms with van der Waals surface area (Å²) in [5.74, 6) is 1.40. The molecule has 0 spiro atoms. The van der Waals surface area contributed by atoms with Gasteiger partial charge in [0.15, 0.2) is 0 Å². The zero-order chi connectivity index (χ0) is 19.9. The minimum absolute atomic E-state index is 0.00523. The van der Waals surface area contributed by atoms with Crippen LogP contribution in [0.3, 0.4) is 0 Å². The standard InChI is InChI=1S/C21H26N4O2S/c1-24(2)11-12-28-15-21(27)22-17-9-7-16(8-10-17)13-25-14-20(26)23-18-5-3-4-6-19(18)25/h3-10H,11-15H2,1-2H3,(H,22,27)(H,23,26). The third-order valence-corrected chi connectivity index (χ3v) is 5.32. The maximum absolute atomic E-state index is 12.0. The maximum Gasteiger partial charge on any atom is 0.243 e. The second-order valence-corrected chi connectivity index (χ2v) is 8.13. The molecule has 3 rings (SSSR count). The summed E-state index contributed by atoms with van der Waals surface area (Å²) in [4.78, 5) is 28.1. The Morgan fingerprint density at radius 3 is 2.68 bits per heavy atom. The number of rotatable bonds is 8. The molecule has 1 heterocycles. The van der Waals surface area contributed by atoms with Crippen LogP contribution in [0.4, 0.5) is 17.1 Å². The second-order valence-electron chi connectivity index (χ2n) is 7.02. The number of anilines is 3. The van der Waals surface area contributed by atoms with E-state index >= 15 is 0 Å². The summed E-state index contributed by atoms with van der Waals surface area (Å²) < 4.78 is 0. The van der Waals surface area contributed by atoms with Gasteiger partial charge in [-0.25, -0.2) is 0 Å². The largest absolute Gasteiger partial charge is 0.356 e. The number of amides is 2. The van der Waals surface area contributed by atoms with Gasteiger partial charge in [0, 0.05) is 24.5 Å². The van der Waals surface area contributed by atoms with Gasteiger partial charge in [0.05, 0.1) is 23.7 Å². The Bertz CT molecular complexity index is 823. The second kappa shape index (κ2) is 9.61. The molecule has 0 saturated heterocycles. The molecule has 28 heavy (non-hydrogen) atoms. The van der Waals surface area contributed by atoms with E-state index in [0.717, 1.165) is 34.9 Å². The van der Waals surface area contributed by atoms with Gasteiger partial charge in [-0.15, -0.1) is 0 Å². The van der Waals surface area contributed by atoms with Crippen molar-refractivity contribution in [3.05, 3.63) is 54.1 Å². The van der Waals surface area contributed by atoms with E-state index in [4.69, 9.17) is 0 Å². The lowest BCUT2D eigenvalue weighted by atomic mass is 10.1. The molecule has 1 aliphatic rings. The highest BCUT2D eigenvalue weighted by molar-refractivity contribution is 7.99. The minimum Gasteiger partial charge on any atom is -0.356 e. The fourth-order valence-corrected chi connectivity index (χ4v) is 3.86. The number of thioether (sulfide) groups is 1. The molecule has 2 N–H and O–H groups in total. The summed E-state index contributed by atoms with van der Waals surface area (Å²) in [5, 5.41) is 5.83. The molecule has 148 valence electrons. The van der Waals surface area contributed by atoms with Gasteiger partial charge < -0.3 is 20.4 Å². The van der Waals surface area contributed by atoms with Crippen LogP contribution >= 0.6 is 11.8 Å². The summed E-state index contributed by atoms with van der Waals surface area (Å²) in [7, 11) is 4.05. The molecule has 0 fully saturated rings. The van der Waals surface area contributed by atoms with E-state index in [1.54, 1.807) is 11.8 Å². The highest BCUT2D eigenvalue weighted by Gasteiger charge is 2.21. The van der Waals surface area contributed by atoms with E-state index < -0.39 is 0 Å². The normalized spacial score (nSPS) is 13.2. The first-order valence-electron chi connectivity index (χ1n) is 9.26. The third-order valence-electron chi connectivity index (χ3n) is 4.38. The van der Waals surface area contributed by atoms with Gasteiger partial charge in [0.25, 0.3) is 0 Å². The highest BCUT2D eigenvalue weighted by Crippen LogP contribution is 2.30. The van der Waals surface area contributed by atoms with Crippen LogP contribution in [0.5, 0.6) is 0 Å². The highest BCUT2D eigenvalue weighted by atomic mass is 32.2. The predicted molar refractivity (Wildman–Crippen MR) is 117 cm³/mol. The van der Waals surface area contributed by atoms with E-state index in [1.165, 1.54) is 0 Å². The average Bonchev–Trinajstić information content (AvgIpc) is 2.66. The van der Waals surface area contributed by atoms with Crippen molar-refractivity contribution in [2.24, 2.45) is 0 Å². The van der Waals surface area contributed by atoms with Crippen molar-refractivity contribution in [2.45, 2.75) is 6.54 Å². The number of fused-ring (bicyclic) bond motifs is 1. The number of nitrogens with zero attached hydrogens (tertiary/aromatic N) is 2. The Morgan fingerprint density at radius 2 is 1.93 bits per heavy atom. The van der Waals surface area contributed by atoms with Crippen molar-refractivity contribution >= 4 is 40.6 Å². The maximum atomic E-state index is 12.0. The Hall–Kier alpha value is -2.51. The number of para-hydroxylation sites is 2. The number of carbonyl (C=O) groups excluding carboxylic acids is 2. The number of benzene rings is 2. The van der Waals surface area contributed by atoms with Crippen LogP contribution in [0, 0.1) is 0 Å². The smallest absolute Gasteiger partial charge is 0.243 e. The molecule has 2 amide bonds. The summed E-state index contributed by atoms with van der Waals surface area (Å²) in [6.07, 6.45) is 0. The van der Waals surface area contributed by atoms with Crippen molar-refractivity contribution in [1.82, 2.24) is 4.90 Å². The van der Waals surface area contributed by atoms with Crippen LogP contribution in [-0.4, -0.2) is 55.4 Å². The first-order valence-corrected chi connectivity index (χ1v) is 10.4. The Balaban J connectivity index is 1.54. The number of hydrogen-bond donors (Lipinski definition) is 2. The quantitative estimate of drug-likeness (QED) is 0.670. The molecule has 0 aliphatic carbocycles. The van der Waals surface area contributed by atoms with E-state index in [-0.39, 0.29) is 11.8 Å². The van der Waals surface area contributed by atoms with E-state index in [9.17, 15) is 9.59 Å². The SMILES string of the molecule is CN(C)CCSCC(=O)Nc1ccc(CN2CC(=O)Nc3ccccc32)cc1. The van der Waals surface area contributed by atoms with Crippen molar-refractivity contribution in [3.63, 3.8) is 0 Å². The van der Waals surface area contributed by atoms with Crippen LogP contribution in [0.25, 0.3) is 0 Å². The van der Waals surface area contributed by atoms with Crippen molar-refractivity contribution in [1.29, 1.82) is 0 Å². The van der Waals surface area contributed by atoms with E-state index in [0.29, 0.717) is 18.8 Å². The van der Waals surface area contributed by atoms with Gasteiger partial charge in [-0.2, -0.15) is 11.8 Å². The molecule has 0 saturated carbocycles. The summed E-state index contributed by atoms with van der Waals surface area (Å²) in [5.41, 5.74) is 3.74. The third kappa shape index (κ3) is 5.74. The van der Waals surface area contributed by atoms with Crippen LogP contribution in [-0.2, 0) is 16.1 Å². The molecule has 0 aromatic heterocycles. The van der Waals surface area contributed by atoms with Gasteiger partial charge in [-0.05, 0) is 43.9 Å². The molecule has 2 aromatic carbocycles. The Labute approximate surface area is 170 Å². The van der Waals surface area contributed by atoms with Gasteiger partial charge in [-0.3, -0.25) is 9.59 Å². The van der Waals surface area contributed by atoms with E-state index in [2.05, 4.69) is 20.4 Å². The predicted octanol–water partition coefficient (Wildman–Crippen LogP) is 2.88. The number of hydrogen-bond acceptors (Lipinski definition) is 5. The van der Waals surface area contributed by atoms with E-state index in [1.807, 2.05) is 62.6 Å². The van der Waals surface area contributed by atoms with Crippen molar-refractivity contribution < 1.29 is 9.59 Å². The fraction of sp³-hybridized carbons (Fsp3) is 0.333. The van der Waals surface area contributed by atoms with Gasteiger partial charge in [-0.1, -0.05) is 24.3 Å². The summed E-state index contributed by atoms with van der Waals surface area (Å²) in [6, 6.07) is 15.6. The zero-order valence-corrected chi connectivity index (χ0v) is 17.1. The molecule has 0 bridgehead atoms. The topological polar surface area (TPSA) is 64.7 Å². The molecule has 0 atom stereocenters. The van der Waals surface area contributed by atoms with Crippen LogP contribution in [0.2, 0.25) is 0 Å². The molecular formula is C21H26N4O2S. The van der Waals surface area contributed by atoms with Crippen LogP contribution in [0.15, 0.2) is 48.5 Å².